The van der Waals surface area contributed by atoms with Crippen LogP contribution in [0.3, 0.4) is 0 Å². The van der Waals surface area contributed by atoms with Gasteiger partial charge < -0.3 is 19.4 Å². The molecule has 3 rings (SSSR count). The molecule has 0 bridgehead atoms. The molecule has 0 fully saturated rings. The topological polar surface area (TPSA) is 82.5 Å². The van der Waals surface area contributed by atoms with Gasteiger partial charge >= 0.3 is 5.97 Å². The van der Waals surface area contributed by atoms with E-state index in [1.54, 1.807) is 68.3 Å². The van der Waals surface area contributed by atoms with Crippen LogP contribution < -0.4 is 10.1 Å². The molecule has 0 spiro atoms. The maximum Gasteiger partial charge on any atom is 0.339 e. The fourth-order valence-electron chi connectivity index (χ4n) is 2.54. The van der Waals surface area contributed by atoms with Gasteiger partial charge in [0.1, 0.15) is 12.4 Å². The number of hydrogen-bond acceptors (Lipinski definition) is 6. The standard InChI is InChI=1S/C21H21N3O4S/c1-27-17-6-4-5-16(13-17)23-20(25)14-29-19-8-3-2-7-18(19)21(26)28-12-11-24-10-9-22-15-24/h2-10,13,15H,11-12,14H2,1H3,(H,23,25). The number of carbonyl (C=O) groups is 2. The molecule has 1 amide bonds. The molecule has 0 atom stereocenters. The van der Waals surface area contributed by atoms with E-state index in [0.717, 1.165) is 0 Å². The fraction of sp³-hybridized carbons (Fsp3) is 0.190. The minimum atomic E-state index is -0.415. The largest absolute Gasteiger partial charge is 0.497 e. The van der Waals surface area contributed by atoms with Crippen molar-refractivity contribution in [2.45, 2.75) is 11.4 Å². The number of rotatable bonds is 9. The van der Waals surface area contributed by atoms with Gasteiger partial charge in [0.25, 0.3) is 0 Å². The number of ether oxygens (including phenoxy) is 2. The molecule has 0 aliphatic rings. The number of thioether (sulfide) groups is 1. The first-order valence-electron chi connectivity index (χ1n) is 8.94. The lowest BCUT2D eigenvalue weighted by molar-refractivity contribution is -0.113. The van der Waals surface area contributed by atoms with Gasteiger partial charge in [-0.3, -0.25) is 4.79 Å². The van der Waals surface area contributed by atoms with E-state index in [4.69, 9.17) is 9.47 Å². The number of hydrogen-bond donors (Lipinski definition) is 1. The third-order valence-electron chi connectivity index (χ3n) is 3.96. The number of aromatic nitrogens is 2. The summed E-state index contributed by atoms with van der Waals surface area (Å²) >= 11 is 1.28. The highest BCUT2D eigenvalue weighted by atomic mass is 32.2. The second-order valence-electron chi connectivity index (χ2n) is 6.00. The Balaban J connectivity index is 1.54. The van der Waals surface area contributed by atoms with Crippen LogP contribution in [0.25, 0.3) is 0 Å². The van der Waals surface area contributed by atoms with E-state index >= 15 is 0 Å². The SMILES string of the molecule is COc1cccc(NC(=O)CSc2ccccc2C(=O)OCCn2ccnc2)c1. The van der Waals surface area contributed by atoms with Crippen molar-refractivity contribution in [2.75, 3.05) is 24.8 Å². The number of nitrogens with zero attached hydrogens (tertiary/aromatic N) is 2. The summed E-state index contributed by atoms with van der Waals surface area (Å²) in [5.41, 5.74) is 1.10. The molecular weight excluding hydrogens is 390 g/mol. The molecule has 0 aliphatic carbocycles. The molecule has 0 saturated heterocycles. The molecule has 7 nitrogen and oxygen atoms in total. The van der Waals surface area contributed by atoms with Gasteiger partial charge in [-0.15, -0.1) is 11.8 Å². The molecule has 3 aromatic rings. The van der Waals surface area contributed by atoms with Crippen molar-refractivity contribution in [1.29, 1.82) is 0 Å². The van der Waals surface area contributed by atoms with Crippen molar-refractivity contribution >= 4 is 29.3 Å². The number of carbonyl (C=O) groups excluding carboxylic acids is 2. The van der Waals surface area contributed by atoms with Crippen LogP contribution in [0.5, 0.6) is 5.75 Å². The molecule has 2 aromatic carbocycles. The summed E-state index contributed by atoms with van der Waals surface area (Å²) in [4.78, 5) is 29.3. The average molecular weight is 411 g/mol. The van der Waals surface area contributed by atoms with Crippen molar-refractivity contribution in [1.82, 2.24) is 9.55 Å². The first-order valence-corrected chi connectivity index (χ1v) is 9.93. The van der Waals surface area contributed by atoms with Gasteiger partial charge in [-0.2, -0.15) is 0 Å². The number of amides is 1. The number of esters is 1. The molecule has 0 unspecified atom stereocenters. The first-order chi connectivity index (χ1) is 14.2. The molecule has 8 heteroatoms. The minimum Gasteiger partial charge on any atom is -0.497 e. The molecule has 0 aliphatic heterocycles. The highest BCUT2D eigenvalue weighted by Crippen LogP contribution is 2.24. The third-order valence-corrected chi connectivity index (χ3v) is 5.03. The van der Waals surface area contributed by atoms with Gasteiger partial charge in [0.15, 0.2) is 0 Å². The first kappa shape index (κ1) is 20.5. The van der Waals surface area contributed by atoms with E-state index in [-0.39, 0.29) is 18.3 Å². The predicted octanol–water partition coefficient (Wildman–Crippen LogP) is 3.48. The maximum absolute atomic E-state index is 12.4. The van der Waals surface area contributed by atoms with E-state index in [1.165, 1.54) is 11.8 Å². The van der Waals surface area contributed by atoms with Crippen molar-refractivity contribution in [3.63, 3.8) is 0 Å². The third kappa shape index (κ3) is 6.11. The monoisotopic (exact) mass is 411 g/mol. The summed E-state index contributed by atoms with van der Waals surface area (Å²) in [6.45, 7) is 0.772. The zero-order valence-electron chi connectivity index (χ0n) is 15.9. The van der Waals surface area contributed by atoms with Crippen molar-refractivity contribution in [3.05, 3.63) is 72.8 Å². The highest BCUT2D eigenvalue weighted by Gasteiger charge is 2.14. The Bertz CT molecular complexity index is 960. The molecule has 1 heterocycles. The summed E-state index contributed by atoms with van der Waals surface area (Å²) in [6, 6.07) is 14.2. The van der Waals surface area contributed by atoms with Crippen LogP contribution in [0, 0.1) is 0 Å². The highest BCUT2D eigenvalue weighted by molar-refractivity contribution is 8.00. The smallest absolute Gasteiger partial charge is 0.339 e. The lowest BCUT2D eigenvalue weighted by Crippen LogP contribution is -2.15. The minimum absolute atomic E-state index is 0.163. The lowest BCUT2D eigenvalue weighted by Gasteiger charge is -2.10. The van der Waals surface area contributed by atoms with Crippen molar-refractivity contribution in [3.8, 4) is 5.75 Å². The molecule has 1 aromatic heterocycles. The Hall–Kier alpha value is -3.26. The fourth-order valence-corrected chi connectivity index (χ4v) is 3.38. The Labute approximate surface area is 173 Å². The molecule has 0 saturated carbocycles. The van der Waals surface area contributed by atoms with Gasteiger partial charge in [0.2, 0.25) is 5.91 Å². The summed E-state index contributed by atoms with van der Waals surface area (Å²) in [6.07, 6.45) is 5.14. The van der Waals surface area contributed by atoms with Crippen LogP contribution in [0.1, 0.15) is 10.4 Å². The van der Waals surface area contributed by atoms with Crippen LogP contribution in [-0.4, -0.2) is 40.9 Å². The van der Waals surface area contributed by atoms with Crippen molar-refractivity contribution in [2.24, 2.45) is 0 Å². The summed E-state index contributed by atoms with van der Waals surface area (Å²) in [5, 5.41) is 2.82. The van der Waals surface area contributed by atoms with Crippen molar-refractivity contribution < 1.29 is 19.1 Å². The lowest BCUT2D eigenvalue weighted by atomic mass is 10.2. The Morgan fingerprint density at radius 3 is 2.83 bits per heavy atom. The maximum atomic E-state index is 12.4. The predicted molar refractivity (Wildman–Crippen MR) is 111 cm³/mol. The number of methoxy groups -OCH3 is 1. The van der Waals surface area contributed by atoms with E-state index in [1.807, 2.05) is 10.6 Å². The number of anilines is 1. The zero-order chi connectivity index (χ0) is 20.5. The second-order valence-corrected chi connectivity index (χ2v) is 7.02. The van der Waals surface area contributed by atoms with E-state index < -0.39 is 5.97 Å². The molecule has 29 heavy (non-hydrogen) atoms. The van der Waals surface area contributed by atoms with E-state index in [0.29, 0.717) is 28.4 Å². The van der Waals surface area contributed by atoms with Gasteiger partial charge in [-0.25, -0.2) is 9.78 Å². The second kappa shape index (κ2) is 10.3. The van der Waals surface area contributed by atoms with Gasteiger partial charge in [0, 0.05) is 29.0 Å². The van der Waals surface area contributed by atoms with Crippen LogP contribution in [0.2, 0.25) is 0 Å². The van der Waals surface area contributed by atoms with Gasteiger partial charge in [-0.1, -0.05) is 18.2 Å². The number of imidazole rings is 1. The van der Waals surface area contributed by atoms with Crippen LogP contribution in [-0.2, 0) is 16.1 Å². The molecule has 1 N–H and O–H groups in total. The molecule has 150 valence electrons. The normalized spacial score (nSPS) is 10.4. The molecular formula is C21H21N3O4S. The Morgan fingerprint density at radius 1 is 1.17 bits per heavy atom. The Kier molecular flexibility index (Phi) is 7.29. The summed E-state index contributed by atoms with van der Waals surface area (Å²) in [5.74, 6) is 0.239. The number of benzene rings is 2. The molecule has 0 radical (unpaired) electrons. The van der Waals surface area contributed by atoms with Gasteiger partial charge in [0.05, 0.1) is 31.3 Å². The van der Waals surface area contributed by atoms with Crippen LogP contribution >= 0.6 is 11.8 Å². The van der Waals surface area contributed by atoms with Crippen LogP contribution in [0.15, 0.2) is 72.1 Å². The van der Waals surface area contributed by atoms with Gasteiger partial charge in [-0.05, 0) is 24.3 Å². The summed E-state index contributed by atoms with van der Waals surface area (Å²) < 4.78 is 12.3. The summed E-state index contributed by atoms with van der Waals surface area (Å²) in [7, 11) is 1.57. The Morgan fingerprint density at radius 2 is 2.03 bits per heavy atom. The van der Waals surface area contributed by atoms with E-state index in [9.17, 15) is 9.59 Å². The van der Waals surface area contributed by atoms with E-state index in [2.05, 4.69) is 10.3 Å². The van der Waals surface area contributed by atoms with Crippen LogP contribution in [0.4, 0.5) is 5.69 Å². The zero-order valence-corrected chi connectivity index (χ0v) is 16.7. The quantitative estimate of drug-likeness (QED) is 0.429. The average Bonchev–Trinajstić information content (AvgIpc) is 3.26. The number of nitrogens with one attached hydrogen (secondary N) is 1.